The van der Waals surface area contributed by atoms with Crippen LogP contribution in [0.5, 0.6) is 0 Å². The second kappa shape index (κ2) is 14.9. The highest BCUT2D eigenvalue weighted by molar-refractivity contribution is 5.95. The van der Waals surface area contributed by atoms with Gasteiger partial charge in [-0.3, -0.25) is 19.4 Å². The van der Waals surface area contributed by atoms with Crippen LogP contribution in [0.3, 0.4) is 0 Å². The Kier molecular flexibility index (Phi) is 11.9. The third-order valence-corrected chi connectivity index (χ3v) is 6.56. The van der Waals surface area contributed by atoms with Gasteiger partial charge in [0.25, 0.3) is 0 Å². The highest BCUT2D eigenvalue weighted by Gasteiger charge is 2.32. The molecule has 0 radical (unpaired) electrons. The molecule has 0 saturated heterocycles. The summed E-state index contributed by atoms with van der Waals surface area (Å²) in [7, 11) is 0. The van der Waals surface area contributed by atoms with Crippen molar-refractivity contribution in [2.75, 3.05) is 6.54 Å². The molecule has 220 valence electrons. The normalized spacial score (nSPS) is 14.3. The molecule has 0 spiro atoms. The lowest BCUT2D eigenvalue weighted by Crippen LogP contribution is -2.59. The largest absolute Gasteiger partial charge is 0.480 e. The fraction of sp³-hybridized carbons (Fsp3) is 0.519. The second-order valence-corrected chi connectivity index (χ2v) is 10.5. The molecule has 0 saturated carbocycles. The maximum absolute atomic E-state index is 13.4. The lowest BCUT2D eigenvalue weighted by Gasteiger charge is -2.27. The van der Waals surface area contributed by atoms with Gasteiger partial charge in [0.05, 0.1) is 6.04 Å². The number of aromatic nitrogens is 1. The number of hydrogen-bond donors (Lipinski definition) is 8. The number of aromatic amines is 1. The molecule has 1 aromatic carbocycles. The lowest BCUT2D eigenvalue weighted by molar-refractivity contribution is -0.142. The van der Waals surface area contributed by atoms with Crippen LogP contribution in [0, 0.1) is 11.8 Å². The molecule has 2 aromatic rings. The molecule has 40 heavy (non-hydrogen) atoms. The van der Waals surface area contributed by atoms with Crippen LogP contribution >= 0.6 is 0 Å². The zero-order valence-corrected chi connectivity index (χ0v) is 23.4. The molecule has 0 bridgehead atoms. The summed E-state index contributed by atoms with van der Waals surface area (Å²) in [4.78, 5) is 58.3. The highest BCUT2D eigenvalue weighted by atomic mass is 16.4. The first-order valence-electron chi connectivity index (χ1n) is 13.3. The van der Waals surface area contributed by atoms with E-state index in [1.165, 1.54) is 0 Å². The van der Waals surface area contributed by atoms with Crippen LogP contribution in [0.4, 0.5) is 0 Å². The van der Waals surface area contributed by atoms with Crippen molar-refractivity contribution in [1.82, 2.24) is 20.9 Å². The van der Waals surface area contributed by atoms with Gasteiger partial charge in [-0.05, 0) is 36.3 Å². The molecule has 0 aliphatic carbocycles. The first-order valence-corrected chi connectivity index (χ1v) is 13.3. The maximum atomic E-state index is 13.4. The van der Waals surface area contributed by atoms with Gasteiger partial charge < -0.3 is 43.2 Å². The minimum atomic E-state index is -1.23. The quantitative estimate of drug-likeness (QED) is 0.0836. The van der Waals surface area contributed by atoms with Crippen molar-refractivity contribution in [1.29, 1.82) is 0 Å². The number of carboxylic acid groups (broad SMARTS) is 1. The standard InChI is InChI=1S/C27H42N8O5/c1-14(2)21(28)24(37)35-22(15(3)4)25(38)34-20(12-16-13-32-18-9-6-5-8-17(16)18)23(36)33-19(26(39)40)10-7-11-31-27(29)30/h5-6,8-9,13-15,19-22,32H,7,10-12,28H2,1-4H3,(H,33,36)(H,34,38)(H,35,37)(H,39,40)(H4,29,30,31). The van der Waals surface area contributed by atoms with Crippen LogP contribution in [0.15, 0.2) is 35.5 Å². The summed E-state index contributed by atoms with van der Waals surface area (Å²) in [5.41, 5.74) is 18.2. The van der Waals surface area contributed by atoms with Gasteiger partial charge in [0.2, 0.25) is 17.7 Å². The Labute approximate surface area is 233 Å². The van der Waals surface area contributed by atoms with Crippen molar-refractivity contribution >= 4 is 40.6 Å². The van der Waals surface area contributed by atoms with Gasteiger partial charge in [-0.2, -0.15) is 0 Å². The molecule has 0 aliphatic heterocycles. The number of amides is 3. The molecular weight excluding hydrogens is 516 g/mol. The van der Waals surface area contributed by atoms with Crippen LogP contribution in [0.2, 0.25) is 0 Å². The number of carboxylic acids is 1. The van der Waals surface area contributed by atoms with Crippen molar-refractivity contribution in [3.8, 4) is 0 Å². The van der Waals surface area contributed by atoms with Crippen molar-refractivity contribution in [3.05, 3.63) is 36.0 Å². The van der Waals surface area contributed by atoms with E-state index in [0.29, 0.717) is 6.42 Å². The summed E-state index contributed by atoms with van der Waals surface area (Å²) in [5, 5.41) is 18.5. The molecule has 2 rings (SSSR count). The Morgan fingerprint density at radius 1 is 0.925 bits per heavy atom. The number of aliphatic carboxylic acids is 1. The number of nitrogens with two attached hydrogens (primary N) is 3. The predicted molar refractivity (Wildman–Crippen MR) is 153 cm³/mol. The highest BCUT2D eigenvalue weighted by Crippen LogP contribution is 2.19. The minimum Gasteiger partial charge on any atom is -0.480 e. The number of fused-ring (bicyclic) bond motifs is 1. The Hall–Kier alpha value is -4.13. The molecular formula is C27H42N8O5. The summed E-state index contributed by atoms with van der Waals surface area (Å²) >= 11 is 0. The van der Waals surface area contributed by atoms with E-state index >= 15 is 0 Å². The number of para-hydroxylation sites is 1. The summed E-state index contributed by atoms with van der Waals surface area (Å²) in [6.45, 7) is 7.32. The van der Waals surface area contributed by atoms with Gasteiger partial charge in [0.1, 0.15) is 18.1 Å². The monoisotopic (exact) mass is 558 g/mol. The summed E-state index contributed by atoms with van der Waals surface area (Å²) in [6, 6.07) is 3.34. The van der Waals surface area contributed by atoms with E-state index in [1.807, 2.05) is 24.3 Å². The number of carbonyl (C=O) groups is 4. The van der Waals surface area contributed by atoms with Crippen LogP contribution in [-0.2, 0) is 25.6 Å². The number of rotatable bonds is 15. The average Bonchev–Trinajstić information content (AvgIpc) is 3.29. The van der Waals surface area contributed by atoms with E-state index in [9.17, 15) is 24.3 Å². The van der Waals surface area contributed by atoms with Crippen LogP contribution in [0.25, 0.3) is 10.9 Å². The predicted octanol–water partition coefficient (Wildman–Crippen LogP) is -0.0577. The Bertz CT molecular complexity index is 1200. The summed E-state index contributed by atoms with van der Waals surface area (Å²) in [5.74, 6) is -3.55. The van der Waals surface area contributed by atoms with Gasteiger partial charge in [-0.1, -0.05) is 45.9 Å². The molecule has 0 fully saturated rings. The SMILES string of the molecule is CC(C)C(N)C(=O)NC(C(=O)NC(Cc1c[nH]c2ccccc12)C(=O)NC(CCCN=C(N)N)C(=O)O)C(C)C. The van der Waals surface area contributed by atoms with Gasteiger partial charge >= 0.3 is 5.97 Å². The topological polar surface area (TPSA) is 231 Å². The molecule has 4 unspecified atom stereocenters. The Balaban J connectivity index is 2.29. The summed E-state index contributed by atoms with van der Waals surface area (Å²) in [6.07, 6.45) is 2.20. The Morgan fingerprint density at radius 2 is 1.57 bits per heavy atom. The smallest absolute Gasteiger partial charge is 0.326 e. The second-order valence-electron chi connectivity index (χ2n) is 10.5. The number of benzene rings is 1. The van der Waals surface area contributed by atoms with Crippen molar-refractivity contribution < 1.29 is 24.3 Å². The number of carbonyl (C=O) groups excluding carboxylic acids is 3. The first kappa shape index (κ1) is 32.1. The van der Waals surface area contributed by atoms with Crippen LogP contribution in [-0.4, -0.2) is 70.5 Å². The fourth-order valence-electron chi connectivity index (χ4n) is 4.11. The van der Waals surface area contributed by atoms with Gasteiger partial charge in [-0.25, -0.2) is 4.79 Å². The van der Waals surface area contributed by atoms with E-state index in [2.05, 4.69) is 25.9 Å². The molecule has 3 amide bonds. The number of aliphatic imine (C=N–C) groups is 1. The molecule has 11 N–H and O–H groups in total. The molecule has 1 heterocycles. The zero-order valence-electron chi connectivity index (χ0n) is 23.4. The van der Waals surface area contributed by atoms with Crippen LogP contribution in [0.1, 0.15) is 46.1 Å². The number of nitrogens with zero attached hydrogens (tertiary/aromatic N) is 1. The maximum Gasteiger partial charge on any atom is 0.326 e. The van der Waals surface area contributed by atoms with Gasteiger partial charge in [0, 0.05) is 30.1 Å². The fourth-order valence-corrected chi connectivity index (χ4v) is 4.11. The first-order chi connectivity index (χ1) is 18.8. The number of nitrogens with one attached hydrogen (secondary N) is 4. The lowest BCUT2D eigenvalue weighted by atomic mass is 9.99. The third-order valence-electron chi connectivity index (χ3n) is 6.56. The molecule has 0 aliphatic rings. The average molecular weight is 559 g/mol. The molecule has 13 heteroatoms. The summed E-state index contributed by atoms with van der Waals surface area (Å²) < 4.78 is 0. The van der Waals surface area contributed by atoms with E-state index in [1.54, 1.807) is 33.9 Å². The Morgan fingerprint density at radius 3 is 2.17 bits per heavy atom. The van der Waals surface area contributed by atoms with Crippen molar-refractivity contribution in [2.45, 2.75) is 71.1 Å². The zero-order chi connectivity index (χ0) is 30.0. The van der Waals surface area contributed by atoms with Crippen LogP contribution < -0.4 is 33.2 Å². The van der Waals surface area contributed by atoms with Crippen molar-refractivity contribution in [3.63, 3.8) is 0 Å². The van der Waals surface area contributed by atoms with Gasteiger partial charge in [0.15, 0.2) is 5.96 Å². The number of hydrogen-bond acceptors (Lipinski definition) is 6. The number of H-pyrrole nitrogens is 1. The van der Waals surface area contributed by atoms with E-state index < -0.39 is 47.9 Å². The molecule has 1 aromatic heterocycles. The van der Waals surface area contributed by atoms with E-state index in [0.717, 1.165) is 16.5 Å². The third kappa shape index (κ3) is 9.26. The van der Waals surface area contributed by atoms with Crippen molar-refractivity contribution in [2.24, 2.45) is 34.0 Å². The van der Waals surface area contributed by atoms with E-state index in [4.69, 9.17) is 17.2 Å². The minimum absolute atomic E-state index is 0.0728. The molecule has 4 atom stereocenters. The number of guanidine groups is 1. The van der Waals surface area contributed by atoms with E-state index in [-0.39, 0.29) is 37.2 Å². The van der Waals surface area contributed by atoms with Gasteiger partial charge in [-0.15, -0.1) is 0 Å². The molecule has 13 nitrogen and oxygen atoms in total.